The van der Waals surface area contributed by atoms with Crippen molar-refractivity contribution in [2.24, 2.45) is 0 Å². The van der Waals surface area contributed by atoms with Gasteiger partial charge in [-0.2, -0.15) is 13.2 Å². The van der Waals surface area contributed by atoms with Crippen LogP contribution in [0.1, 0.15) is 29.7 Å². The van der Waals surface area contributed by atoms with Crippen molar-refractivity contribution in [1.82, 2.24) is 9.62 Å². The van der Waals surface area contributed by atoms with Crippen LogP contribution in [0.5, 0.6) is 0 Å². The zero-order chi connectivity index (χ0) is 19.5. The minimum atomic E-state index is -4.34. The predicted octanol–water partition coefficient (Wildman–Crippen LogP) is 3.81. The lowest BCUT2D eigenvalue weighted by molar-refractivity contribution is -0.137. The van der Waals surface area contributed by atoms with E-state index in [1.165, 1.54) is 26.2 Å². The fraction of sp³-hybridized carbons (Fsp3) is 0.333. The maximum Gasteiger partial charge on any atom is 0.416 e. The van der Waals surface area contributed by atoms with E-state index in [1.807, 2.05) is 6.92 Å². The number of nitrogens with zero attached hydrogens (tertiary/aromatic N) is 1. The molecule has 0 aromatic heterocycles. The summed E-state index contributed by atoms with van der Waals surface area (Å²) in [7, 11) is -0.530. The molecule has 4 nitrogen and oxygen atoms in total. The first kappa shape index (κ1) is 20.4. The van der Waals surface area contributed by atoms with E-state index in [4.69, 9.17) is 0 Å². The Balaban J connectivity index is 2.01. The second-order valence-corrected chi connectivity index (χ2v) is 8.31. The number of hydrogen-bond donors (Lipinski definition) is 1. The second-order valence-electron chi connectivity index (χ2n) is 6.15. The molecule has 2 aromatic rings. The number of halogens is 3. The normalized spacial score (nSPS) is 13.8. The van der Waals surface area contributed by atoms with Gasteiger partial charge in [0.15, 0.2) is 0 Å². The quantitative estimate of drug-likeness (QED) is 0.821. The molecule has 0 bridgehead atoms. The average Bonchev–Trinajstić information content (AvgIpc) is 2.59. The van der Waals surface area contributed by atoms with Gasteiger partial charge in [-0.05, 0) is 42.3 Å². The van der Waals surface area contributed by atoms with Gasteiger partial charge in [-0.15, -0.1) is 0 Å². The molecule has 0 saturated heterocycles. The summed E-state index contributed by atoms with van der Waals surface area (Å²) < 4.78 is 62.9. The van der Waals surface area contributed by atoms with Crippen molar-refractivity contribution in [2.75, 3.05) is 14.1 Å². The van der Waals surface area contributed by atoms with Crippen LogP contribution in [-0.4, -0.2) is 26.8 Å². The number of hydrogen-bond acceptors (Lipinski definition) is 3. The highest BCUT2D eigenvalue weighted by atomic mass is 32.2. The Morgan fingerprint density at radius 2 is 1.54 bits per heavy atom. The largest absolute Gasteiger partial charge is 0.416 e. The first-order chi connectivity index (χ1) is 12.0. The van der Waals surface area contributed by atoms with Gasteiger partial charge in [-0.3, -0.25) is 0 Å². The fourth-order valence-electron chi connectivity index (χ4n) is 2.34. The van der Waals surface area contributed by atoms with Gasteiger partial charge in [-0.25, -0.2) is 12.7 Å². The van der Waals surface area contributed by atoms with E-state index < -0.39 is 21.8 Å². The molecule has 0 saturated carbocycles. The Morgan fingerprint density at radius 3 is 2.00 bits per heavy atom. The summed E-state index contributed by atoms with van der Waals surface area (Å²) in [5.74, 6) is 0. The van der Waals surface area contributed by atoms with Crippen molar-refractivity contribution >= 4 is 10.0 Å². The summed E-state index contributed by atoms with van der Waals surface area (Å²) in [6.45, 7) is 2.30. The van der Waals surface area contributed by atoms with Crippen LogP contribution in [0.15, 0.2) is 53.4 Å². The molecule has 0 spiro atoms. The van der Waals surface area contributed by atoms with Crippen molar-refractivity contribution in [3.8, 4) is 0 Å². The van der Waals surface area contributed by atoms with Gasteiger partial charge in [-0.1, -0.05) is 24.3 Å². The maximum atomic E-state index is 12.6. The number of benzene rings is 2. The molecule has 0 aliphatic rings. The van der Waals surface area contributed by atoms with Crippen LogP contribution in [0.4, 0.5) is 13.2 Å². The first-order valence-corrected chi connectivity index (χ1v) is 9.38. The van der Waals surface area contributed by atoms with Gasteiger partial charge in [0.1, 0.15) is 0 Å². The van der Waals surface area contributed by atoms with E-state index in [9.17, 15) is 21.6 Å². The SMILES string of the molecule is CC(NCc1ccc(C(F)(F)F)cc1)c1ccc(S(=O)(=O)N(C)C)cc1. The van der Waals surface area contributed by atoms with Gasteiger partial charge in [0.25, 0.3) is 0 Å². The van der Waals surface area contributed by atoms with Gasteiger partial charge >= 0.3 is 6.18 Å². The number of sulfonamides is 1. The summed E-state index contributed by atoms with van der Waals surface area (Å²) in [5.41, 5.74) is 0.943. The van der Waals surface area contributed by atoms with E-state index in [2.05, 4.69) is 5.32 Å². The second kappa shape index (κ2) is 7.77. The van der Waals surface area contributed by atoms with Gasteiger partial charge in [0.05, 0.1) is 10.5 Å². The maximum absolute atomic E-state index is 12.6. The lowest BCUT2D eigenvalue weighted by Crippen LogP contribution is -2.22. The molecule has 2 rings (SSSR count). The third-order valence-corrected chi connectivity index (χ3v) is 5.88. The van der Waals surface area contributed by atoms with Crippen LogP contribution in [0, 0.1) is 0 Å². The number of nitrogens with one attached hydrogen (secondary N) is 1. The molecular weight excluding hydrogens is 365 g/mol. The Hall–Kier alpha value is -1.90. The standard InChI is InChI=1S/C18H21F3N2O2S/c1-13(15-6-10-17(11-7-15)26(24,25)23(2)3)22-12-14-4-8-16(9-5-14)18(19,20)21/h4-11,13,22H,12H2,1-3H3. The van der Waals surface area contributed by atoms with Crippen LogP contribution < -0.4 is 5.32 Å². The smallest absolute Gasteiger partial charge is 0.306 e. The molecule has 26 heavy (non-hydrogen) atoms. The summed E-state index contributed by atoms with van der Waals surface area (Å²) in [4.78, 5) is 0.209. The Bertz CT molecular complexity index is 830. The zero-order valence-electron chi connectivity index (χ0n) is 14.7. The van der Waals surface area contributed by atoms with Crippen molar-refractivity contribution < 1.29 is 21.6 Å². The highest BCUT2D eigenvalue weighted by Gasteiger charge is 2.29. The molecule has 8 heteroatoms. The molecule has 1 unspecified atom stereocenters. The van der Waals surface area contributed by atoms with Gasteiger partial charge in [0.2, 0.25) is 10.0 Å². The van der Waals surface area contributed by atoms with Crippen LogP contribution in [-0.2, 0) is 22.7 Å². The van der Waals surface area contributed by atoms with Gasteiger partial charge in [0, 0.05) is 26.7 Å². The lowest BCUT2D eigenvalue weighted by Gasteiger charge is -2.16. The first-order valence-electron chi connectivity index (χ1n) is 7.94. The predicted molar refractivity (Wildman–Crippen MR) is 94.0 cm³/mol. The van der Waals surface area contributed by atoms with Crippen LogP contribution in [0.3, 0.4) is 0 Å². The van der Waals surface area contributed by atoms with Crippen LogP contribution >= 0.6 is 0 Å². The monoisotopic (exact) mass is 386 g/mol. The molecule has 0 fully saturated rings. The molecule has 0 radical (unpaired) electrons. The number of alkyl halides is 3. The molecular formula is C18H21F3N2O2S. The molecule has 142 valence electrons. The van der Waals surface area contributed by atoms with E-state index in [0.29, 0.717) is 6.54 Å². The summed E-state index contributed by atoms with van der Waals surface area (Å²) >= 11 is 0. The van der Waals surface area contributed by atoms with Crippen LogP contribution in [0.25, 0.3) is 0 Å². The van der Waals surface area contributed by atoms with Crippen molar-refractivity contribution in [1.29, 1.82) is 0 Å². The number of rotatable bonds is 6. The molecule has 1 atom stereocenters. The fourth-order valence-corrected chi connectivity index (χ4v) is 3.24. The topological polar surface area (TPSA) is 49.4 Å². The highest BCUT2D eigenvalue weighted by Crippen LogP contribution is 2.29. The summed E-state index contributed by atoms with van der Waals surface area (Å²) in [5, 5.41) is 3.21. The molecule has 0 aliphatic carbocycles. The highest BCUT2D eigenvalue weighted by molar-refractivity contribution is 7.89. The summed E-state index contributed by atoms with van der Waals surface area (Å²) in [6, 6.07) is 11.4. The molecule has 1 N–H and O–H groups in total. The molecule has 0 heterocycles. The minimum Gasteiger partial charge on any atom is -0.306 e. The van der Waals surface area contributed by atoms with Crippen molar-refractivity contribution in [3.05, 3.63) is 65.2 Å². The Morgan fingerprint density at radius 1 is 1.00 bits per heavy atom. The van der Waals surface area contributed by atoms with E-state index in [1.54, 1.807) is 24.3 Å². The minimum absolute atomic E-state index is 0.0894. The van der Waals surface area contributed by atoms with E-state index in [-0.39, 0.29) is 10.9 Å². The van der Waals surface area contributed by atoms with Gasteiger partial charge < -0.3 is 5.32 Å². The lowest BCUT2D eigenvalue weighted by atomic mass is 10.1. The van der Waals surface area contributed by atoms with Crippen LogP contribution in [0.2, 0.25) is 0 Å². The van der Waals surface area contributed by atoms with Crippen molar-refractivity contribution in [2.45, 2.75) is 30.6 Å². The third-order valence-electron chi connectivity index (χ3n) is 4.05. The Kier molecular flexibility index (Phi) is 6.10. The zero-order valence-corrected chi connectivity index (χ0v) is 15.5. The third kappa shape index (κ3) is 4.84. The molecule has 0 aliphatic heterocycles. The Labute approximate surface area is 151 Å². The molecule has 0 amide bonds. The molecule has 2 aromatic carbocycles. The average molecular weight is 386 g/mol. The van der Waals surface area contributed by atoms with Crippen molar-refractivity contribution in [3.63, 3.8) is 0 Å². The summed E-state index contributed by atoms with van der Waals surface area (Å²) in [6.07, 6.45) is -4.34. The van der Waals surface area contributed by atoms with E-state index >= 15 is 0 Å². The van der Waals surface area contributed by atoms with E-state index in [0.717, 1.165) is 27.6 Å².